The summed E-state index contributed by atoms with van der Waals surface area (Å²) in [5, 5.41) is 3.94. The second-order valence-electron chi connectivity index (χ2n) is 9.40. The number of nitrogens with zero attached hydrogens (tertiary/aromatic N) is 4. The van der Waals surface area contributed by atoms with E-state index in [1.54, 1.807) is 41.9 Å². The summed E-state index contributed by atoms with van der Waals surface area (Å²) in [4.78, 5) is 41.1. The van der Waals surface area contributed by atoms with Gasteiger partial charge in [-0.25, -0.2) is 23.4 Å². The van der Waals surface area contributed by atoms with E-state index in [0.29, 0.717) is 34.3 Å². The molecule has 0 saturated heterocycles. The van der Waals surface area contributed by atoms with Crippen molar-refractivity contribution >= 4 is 60.8 Å². The van der Waals surface area contributed by atoms with Crippen LogP contribution >= 0.6 is 23.1 Å². The van der Waals surface area contributed by atoms with E-state index < -0.39 is 10.0 Å². The Morgan fingerprint density at radius 3 is 2.62 bits per heavy atom. The fourth-order valence-electron chi connectivity index (χ4n) is 4.63. The van der Waals surface area contributed by atoms with Crippen LogP contribution in [0.25, 0.3) is 10.2 Å². The molecule has 0 aliphatic heterocycles. The molecule has 0 bridgehead atoms. The predicted molar refractivity (Wildman–Crippen MR) is 159 cm³/mol. The Morgan fingerprint density at radius 2 is 1.90 bits per heavy atom. The van der Waals surface area contributed by atoms with Crippen LogP contribution in [0.2, 0.25) is 0 Å². The van der Waals surface area contributed by atoms with E-state index in [4.69, 9.17) is 4.98 Å². The molecule has 1 aliphatic carbocycles. The molecule has 40 heavy (non-hydrogen) atoms. The molecule has 2 N–H and O–H groups in total. The van der Waals surface area contributed by atoms with E-state index in [2.05, 4.69) is 26.6 Å². The summed E-state index contributed by atoms with van der Waals surface area (Å²) in [6, 6.07) is 7.39. The summed E-state index contributed by atoms with van der Waals surface area (Å²) in [7, 11) is -3.88. The second kappa shape index (κ2) is 11.5. The number of rotatable bonds is 9. The van der Waals surface area contributed by atoms with Crippen LogP contribution in [-0.4, -0.2) is 39.6 Å². The van der Waals surface area contributed by atoms with E-state index in [1.165, 1.54) is 40.9 Å². The number of aryl methyl sites for hydroxylation is 4. The van der Waals surface area contributed by atoms with Gasteiger partial charge in [0, 0.05) is 28.9 Å². The van der Waals surface area contributed by atoms with Gasteiger partial charge in [0.25, 0.3) is 15.6 Å². The smallest absolute Gasteiger partial charge is 0.263 e. The third-order valence-electron chi connectivity index (χ3n) is 6.34. The van der Waals surface area contributed by atoms with E-state index >= 15 is 0 Å². The van der Waals surface area contributed by atoms with Gasteiger partial charge in [-0.2, -0.15) is 0 Å². The molecule has 0 atom stereocenters. The number of benzene rings is 1. The maximum atomic E-state index is 13.4. The lowest BCUT2D eigenvalue weighted by molar-refractivity contribution is -0.113. The molecule has 3 heterocycles. The van der Waals surface area contributed by atoms with Crippen molar-refractivity contribution in [2.75, 3.05) is 15.8 Å². The Bertz CT molecular complexity index is 1760. The van der Waals surface area contributed by atoms with Crippen molar-refractivity contribution in [3.8, 4) is 0 Å². The molecular weight excluding hydrogens is 569 g/mol. The quantitative estimate of drug-likeness (QED) is 0.164. The van der Waals surface area contributed by atoms with Gasteiger partial charge in [-0.15, -0.1) is 17.9 Å². The van der Waals surface area contributed by atoms with Gasteiger partial charge >= 0.3 is 0 Å². The number of thiophene rings is 1. The molecule has 1 aromatic carbocycles. The number of carbonyl (C=O) groups is 1. The summed E-state index contributed by atoms with van der Waals surface area (Å²) >= 11 is 2.75. The molecule has 4 aromatic rings. The SMILES string of the molecule is C=CCn1c(SCC(=O)Nc2ccc(S(=O)(=O)Nc3cc(C)nc(C)n3)cc2)nc2sc3c(c2c1=O)CCCC3. The number of hydrogen-bond acceptors (Lipinski definition) is 9. The van der Waals surface area contributed by atoms with E-state index in [1.807, 2.05) is 0 Å². The van der Waals surface area contributed by atoms with Gasteiger partial charge in [0.05, 0.1) is 16.0 Å². The summed E-state index contributed by atoms with van der Waals surface area (Å²) < 4.78 is 29.6. The molecule has 1 amide bonds. The highest BCUT2D eigenvalue weighted by molar-refractivity contribution is 7.99. The van der Waals surface area contributed by atoms with E-state index in [9.17, 15) is 18.0 Å². The number of anilines is 2. The highest BCUT2D eigenvalue weighted by Crippen LogP contribution is 2.34. The normalized spacial score (nSPS) is 13.2. The minimum absolute atomic E-state index is 0.0220. The number of nitrogens with one attached hydrogen (secondary N) is 2. The molecule has 0 fully saturated rings. The highest BCUT2D eigenvalue weighted by Gasteiger charge is 2.22. The first-order chi connectivity index (χ1) is 19.1. The number of carbonyl (C=O) groups excluding carboxylic acids is 1. The number of aromatic nitrogens is 4. The van der Waals surface area contributed by atoms with Gasteiger partial charge in [0.2, 0.25) is 5.91 Å². The van der Waals surface area contributed by atoms with Crippen molar-refractivity contribution in [2.24, 2.45) is 0 Å². The van der Waals surface area contributed by atoms with Gasteiger partial charge in [-0.3, -0.25) is 18.9 Å². The fourth-order valence-corrected chi connectivity index (χ4v) is 7.73. The first-order valence-corrected chi connectivity index (χ1v) is 16.0. The van der Waals surface area contributed by atoms with E-state index in [0.717, 1.165) is 36.1 Å². The maximum absolute atomic E-state index is 13.4. The van der Waals surface area contributed by atoms with Crippen molar-refractivity contribution in [2.45, 2.75) is 56.1 Å². The molecule has 13 heteroatoms. The number of thioether (sulfide) groups is 1. The summed E-state index contributed by atoms with van der Waals surface area (Å²) in [6.07, 6.45) is 5.70. The number of hydrogen-bond donors (Lipinski definition) is 2. The number of fused-ring (bicyclic) bond motifs is 3. The third-order valence-corrected chi connectivity index (χ3v) is 9.87. The van der Waals surface area contributed by atoms with Crippen molar-refractivity contribution in [3.63, 3.8) is 0 Å². The zero-order valence-corrected chi connectivity index (χ0v) is 24.5. The molecule has 10 nitrogen and oxygen atoms in total. The van der Waals surface area contributed by atoms with Crippen LogP contribution in [-0.2, 0) is 34.2 Å². The van der Waals surface area contributed by atoms with Crippen LogP contribution in [0.15, 0.2) is 57.8 Å². The van der Waals surface area contributed by atoms with Gasteiger partial charge in [0.1, 0.15) is 16.5 Å². The predicted octanol–water partition coefficient (Wildman–Crippen LogP) is 4.46. The summed E-state index contributed by atoms with van der Waals surface area (Å²) in [5.74, 6) is 0.355. The summed E-state index contributed by atoms with van der Waals surface area (Å²) in [5.41, 5.74) is 2.12. The van der Waals surface area contributed by atoms with Gasteiger partial charge in [-0.1, -0.05) is 17.8 Å². The summed E-state index contributed by atoms with van der Waals surface area (Å²) in [6.45, 7) is 7.51. The Kier molecular flexibility index (Phi) is 8.06. The van der Waals surface area contributed by atoms with Crippen molar-refractivity contribution in [1.29, 1.82) is 0 Å². The monoisotopic (exact) mass is 596 g/mol. The van der Waals surface area contributed by atoms with Crippen LogP contribution in [0.1, 0.15) is 34.8 Å². The lowest BCUT2D eigenvalue weighted by Gasteiger charge is -2.12. The van der Waals surface area contributed by atoms with Crippen molar-refractivity contribution in [1.82, 2.24) is 19.5 Å². The number of allylic oxidation sites excluding steroid dienone is 1. The van der Waals surface area contributed by atoms with Crippen LogP contribution < -0.4 is 15.6 Å². The van der Waals surface area contributed by atoms with Crippen LogP contribution in [0.3, 0.4) is 0 Å². The first-order valence-electron chi connectivity index (χ1n) is 12.7. The third kappa shape index (κ3) is 5.96. The molecule has 208 valence electrons. The molecule has 1 aliphatic rings. The van der Waals surface area contributed by atoms with E-state index in [-0.39, 0.29) is 27.9 Å². The lowest BCUT2D eigenvalue weighted by Crippen LogP contribution is -2.24. The second-order valence-corrected chi connectivity index (χ2v) is 13.1. The van der Waals surface area contributed by atoms with Crippen molar-refractivity contribution in [3.05, 3.63) is 75.3 Å². The van der Waals surface area contributed by atoms with Crippen LogP contribution in [0.4, 0.5) is 11.5 Å². The van der Waals surface area contributed by atoms with Crippen molar-refractivity contribution < 1.29 is 13.2 Å². The lowest BCUT2D eigenvalue weighted by atomic mass is 9.97. The molecule has 0 spiro atoms. The van der Waals surface area contributed by atoms with Crippen LogP contribution in [0.5, 0.6) is 0 Å². The number of amides is 1. The van der Waals surface area contributed by atoms with Gasteiger partial charge in [-0.05, 0) is 69.4 Å². The Hall–Kier alpha value is -3.55. The standard InChI is InChI=1S/C27H28N6O4S3/c1-4-13-33-26(35)24-20-7-5-6-8-21(20)39-25(24)31-27(33)38-15-23(34)30-18-9-11-19(12-10-18)40(36,37)32-22-14-16(2)28-17(3)29-22/h4,9-12,14H,1,5-8,13,15H2,2-3H3,(H,30,34)(H,28,29,32). The highest BCUT2D eigenvalue weighted by atomic mass is 32.2. The Labute approximate surface area is 240 Å². The minimum atomic E-state index is -3.88. The maximum Gasteiger partial charge on any atom is 0.263 e. The zero-order valence-electron chi connectivity index (χ0n) is 22.1. The Morgan fingerprint density at radius 1 is 1.15 bits per heavy atom. The van der Waals surface area contributed by atoms with Crippen LogP contribution in [0, 0.1) is 13.8 Å². The number of sulfonamides is 1. The molecular formula is C27H28N6O4S3. The van der Waals surface area contributed by atoms with Gasteiger partial charge in [0.15, 0.2) is 5.16 Å². The zero-order chi connectivity index (χ0) is 28.4. The first kappa shape index (κ1) is 28.0. The molecule has 0 radical (unpaired) electrons. The minimum Gasteiger partial charge on any atom is -0.325 e. The molecule has 5 rings (SSSR count). The Balaban J connectivity index is 1.27. The molecule has 3 aromatic heterocycles. The average Bonchev–Trinajstić information content (AvgIpc) is 3.27. The average molecular weight is 597 g/mol. The fraction of sp³-hybridized carbons (Fsp3) is 0.296. The molecule has 0 unspecified atom stereocenters. The van der Waals surface area contributed by atoms with Gasteiger partial charge < -0.3 is 5.32 Å². The largest absolute Gasteiger partial charge is 0.325 e. The molecule has 0 saturated carbocycles. The topological polar surface area (TPSA) is 136 Å².